The largest absolute Gasteiger partial charge is 0.469 e. The molecule has 2 aromatic carbocycles. The number of hydrogen-bond acceptors (Lipinski definition) is 13. The Morgan fingerprint density at radius 3 is 2.34 bits per heavy atom. The molecule has 19 nitrogen and oxygen atoms in total. The van der Waals surface area contributed by atoms with Crippen LogP contribution in [0.5, 0.6) is 11.5 Å². The fraction of sp³-hybridized carbons (Fsp3) is 0.226. The smallest absolute Gasteiger partial charge is 0.457 e. The van der Waals surface area contributed by atoms with E-state index in [1.54, 1.807) is 30.3 Å². The maximum absolute atomic E-state index is 13.3. The van der Waals surface area contributed by atoms with Crippen LogP contribution >= 0.6 is 19.4 Å². The first kappa shape index (κ1) is 41.6. The monoisotopic (exact) mass is 829 g/mol. The van der Waals surface area contributed by atoms with Crippen molar-refractivity contribution < 1.29 is 65.7 Å². The van der Waals surface area contributed by atoms with Gasteiger partial charge in [-0.3, -0.25) is 18.9 Å². The molecule has 1 aliphatic heterocycles. The van der Waals surface area contributed by atoms with Crippen LogP contribution in [-0.2, 0) is 20.0 Å². The fourth-order valence-corrected chi connectivity index (χ4v) is 5.51. The Morgan fingerprint density at radius 1 is 1.00 bits per heavy atom. The summed E-state index contributed by atoms with van der Waals surface area (Å²) in [5.41, 5.74) is 4.97. The van der Waals surface area contributed by atoms with Gasteiger partial charge < -0.3 is 51.2 Å². The van der Waals surface area contributed by atoms with Gasteiger partial charge in [-0.15, -0.1) is 0 Å². The molecule has 5 aromatic rings. The molecule has 1 aliphatic rings. The van der Waals surface area contributed by atoms with Crippen molar-refractivity contribution in [2.24, 2.45) is 0 Å². The molecule has 0 bridgehead atoms. The summed E-state index contributed by atoms with van der Waals surface area (Å²) in [7, 11) is -3.29. The van der Waals surface area contributed by atoms with Crippen LogP contribution in [0.15, 0.2) is 67.1 Å². The molecule has 4 atom stereocenters. The number of alkyl halides is 3. The van der Waals surface area contributed by atoms with Crippen LogP contribution in [0.1, 0.15) is 22.3 Å². The van der Waals surface area contributed by atoms with Crippen molar-refractivity contribution in [3.8, 4) is 11.5 Å². The number of carbonyl (C=O) groups excluding carboxylic acids is 2. The van der Waals surface area contributed by atoms with E-state index in [4.69, 9.17) is 36.6 Å². The molecule has 3 amide bonds. The van der Waals surface area contributed by atoms with Crippen LogP contribution in [0, 0.1) is 6.08 Å². The predicted molar refractivity (Wildman–Crippen MR) is 187 cm³/mol. The van der Waals surface area contributed by atoms with E-state index in [0.717, 1.165) is 23.0 Å². The topological polar surface area (TPSA) is 278 Å². The number of nitrogens with two attached hydrogens (primary N) is 1. The Hall–Kier alpha value is -5.52. The molecule has 298 valence electrons. The molecule has 1 saturated heterocycles. The van der Waals surface area contributed by atoms with E-state index in [2.05, 4.69) is 40.4 Å². The summed E-state index contributed by atoms with van der Waals surface area (Å²) >= 11 is 5.57. The summed E-state index contributed by atoms with van der Waals surface area (Å²) in [5, 5.41) is 26.8. The zero-order chi connectivity index (χ0) is 40.9. The molecule has 4 heterocycles. The Kier molecular flexibility index (Phi) is 12.7. The van der Waals surface area contributed by atoms with Crippen LogP contribution in [0.3, 0.4) is 0 Å². The first-order valence-corrected chi connectivity index (χ1v) is 17.5. The molecular formula is C31H29ClF4N9O10P. The van der Waals surface area contributed by atoms with Gasteiger partial charge >= 0.3 is 26.1 Å². The molecule has 56 heavy (non-hydrogen) atoms. The molecule has 0 spiro atoms. The Balaban J connectivity index is 0.000000223. The van der Waals surface area contributed by atoms with Gasteiger partial charge in [0, 0.05) is 30.7 Å². The number of nitrogen functional groups attached to an aromatic ring is 1. The van der Waals surface area contributed by atoms with Crippen LogP contribution in [0.4, 0.5) is 39.5 Å². The number of urea groups is 1. The van der Waals surface area contributed by atoms with E-state index in [0.29, 0.717) is 17.2 Å². The zero-order valence-electron chi connectivity index (χ0n) is 28.3. The number of imidazole rings is 1. The maximum atomic E-state index is 13.3. The number of benzene rings is 2. The van der Waals surface area contributed by atoms with E-state index in [1.165, 1.54) is 25.4 Å². The third kappa shape index (κ3) is 10.4. The summed E-state index contributed by atoms with van der Waals surface area (Å²) in [6, 6.07) is 11.6. The number of fused-ring (bicyclic) bond motifs is 1. The number of hydrogen-bond donors (Lipinski definition) is 8. The Labute approximate surface area is 316 Å². The lowest BCUT2D eigenvalue weighted by molar-refractivity contribution is -0.137. The molecule has 6 rings (SSSR count). The summed E-state index contributed by atoms with van der Waals surface area (Å²) in [5.74, 6) is 0.243. The molecule has 3 aromatic heterocycles. The van der Waals surface area contributed by atoms with E-state index in [-0.39, 0.29) is 34.3 Å². The molecular weight excluding hydrogens is 801 g/mol. The zero-order valence-corrected chi connectivity index (χ0v) is 29.9. The number of nitrogens with one attached hydrogen (secondary N) is 3. The number of nitrogens with zero attached hydrogens (tertiary/aromatic N) is 5. The Bertz CT molecular complexity index is 2270. The first-order valence-electron chi connectivity index (χ1n) is 15.6. The fourth-order valence-electron chi connectivity index (χ4n) is 4.95. The summed E-state index contributed by atoms with van der Waals surface area (Å²) < 4.78 is 79.3. The number of amides is 3. The minimum absolute atomic E-state index is 0.0659. The van der Waals surface area contributed by atoms with Crippen molar-refractivity contribution >= 4 is 59.7 Å². The number of pyridine rings is 1. The third-order valence-corrected chi connectivity index (χ3v) is 8.32. The van der Waals surface area contributed by atoms with Crippen molar-refractivity contribution in [1.29, 1.82) is 0 Å². The van der Waals surface area contributed by atoms with Gasteiger partial charge in [0.05, 0.1) is 23.5 Å². The molecule has 0 saturated carbocycles. The molecule has 0 radical (unpaired) electrons. The van der Waals surface area contributed by atoms with Gasteiger partial charge in [-0.1, -0.05) is 11.6 Å². The lowest BCUT2D eigenvalue weighted by atomic mass is 10.1. The van der Waals surface area contributed by atoms with Crippen LogP contribution in [-0.4, -0.2) is 88.4 Å². The van der Waals surface area contributed by atoms with Gasteiger partial charge in [0.15, 0.2) is 23.2 Å². The lowest BCUT2D eigenvalue weighted by Gasteiger charge is -2.16. The van der Waals surface area contributed by atoms with Gasteiger partial charge in [-0.05, 0) is 48.5 Å². The molecule has 0 aliphatic carbocycles. The van der Waals surface area contributed by atoms with Gasteiger partial charge in [0.25, 0.3) is 5.91 Å². The van der Waals surface area contributed by atoms with Crippen LogP contribution < -0.4 is 26.4 Å². The number of aliphatic hydroxyl groups is 2. The van der Waals surface area contributed by atoms with Crippen molar-refractivity contribution in [3.05, 3.63) is 89.5 Å². The van der Waals surface area contributed by atoms with E-state index >= 15 is 0 Å². The highest BCUT2D eigenvalue weighted by molar-refractivity contribution is 7.46. The number of rotatable bonds is 9. The highest BCUT2D eigenvalue weighted by Gasteiger charge is 2.45. The molecule has 1 fully saturated rings. The van der Waals surface area contributed by atoms with E-state index in [1.807, 2.05) is 0 Å². The summed E-state index contributed by atoms with van der Waals surface area (Å²) in [6.07, 6.45) is -8.67. The van der Waals surface area contributed by atoms with Gasteiger partial charge in [0.1, 0.15) is 35.5 Å². The number of halogens is 5. The Morgan fingerprint density at radius 2 is 1.68 bits per heavy atom. The van der Waals surface area contributed by atoms with Crippen molar-refractivity contribution in [2.75, 3.05) is 30.0 Å². The maximum Gasteiger partial charge on any atom is 0.469 e. The number of carbonyl (C=O) groups is 2. The number of ether oxygens (including phenoxy) is 2. The number of phosphoric ester groups is 1. The second kappa shape index (κ2) is 17.1. The number of aromatic nitrogens is 5. The normalized spacial score (nSPS) is 18.2. The summed E-state index contributed by atoms with van der Waals surface area (Å²) in [4.78, 5) is 55.8. The number of aliphatic hydroxyl groups excluding tert-OH is 2. The van der Waals surface area contributed by atoms with Crippen molar-refractivity contribution in [1.82, 2.24) is 29.8 Å². The average molecular weight is 830 g/mol. The van der Waals surface area contributed by atoms with Crippen molar-refractivity contribution in [2.45, 2.75) is 30.7 Å². The van der Waals surface area contributed by atoms with Gasteiger partial charge in [0.2, 0.25) is 0 Å². The first-order chi connectivity index (χ1) is 26.3. The highest BCUT2D eigenvalue weighted by atomic mass is 35.5. The highest BCUT2D eigenvalue weighted by Crippen LogP contribution is 2.39. The number of anilines is 3. The molecule has 0 unspecified atom stereocenters. The van der Waals surface area contributed by atoms with E-state index in [9.17, 15) is 41.9 Å². The summed E-state index contributed by atoms with van der Waals surface area (Å²) in [6.45, 7) is -0.670. The van der Waals surface area contributed by atoms with Gasteiger partial charge in [-0.25, -0.2) is 14.3 Å². The SMILES string of the molecule is CNC(=O)c1cc(Oc2ccc(NC(=O)Nc3ccc(Cl)c(C(F)(F)F)c3)cc2)ccn1.Nc1nc(F)nc2c1ncn2[C@@H]1O[C@H](COP(=O)(O)O)[C@@H](O)[C@@H]1O. The minimum atomic E-state index is -4.78. The average Bonchev–Trinajstić information content (AvgIpc) is 3.67. The molecule has 9 N–H and O–H groups in total. The quantitative estimate of drug-likeness (QED) is 0.0596. The predicted octanol–water partition coefficient (Wildman–Crippen LogP) is 3.83. The van der Waals surface area contributed by atoms with Gasteiger partial charge in [-0.2, -0.15) is 27.5 Å². The standard InChI is InChI=1S/C21H16ClF3N4O3.C10H13FN5O7P/c1-26-19(30)18-11-15(8-9-27-18)32-14-5-2-12(3-6-14)28-20(31)29-13-4-7-17(22)16(10-13)21(23,24)25;11-10-14-7(12)4-8(15-10)16(2-13-4)9-6(18)5(17)3(23-9)1-22-24(19,20)21/h2-11H,1H3,(H,26,30)(H2,28,29,31);2-3,5-6,9,17-18H,1H2,(H2,12,14,15)(H2,19,20,21)/t;3-,5-,6+,9-/m.1/s1. The van der Waals surface area contributed by atoms with Crippen LogP contribution in [0.2, 0.25) is 5.02 Å². The second-order valence-electron chi connectivity index (χ2n) is 11.4. The molecule has 25 heteroatoms. The number of phosphoric acid groups is 1. The second-order valence-corrected chi connectivity index (χ2v) is 13.0. The van der Waals surface area contributed by atoms with Crippen molar-refractivity contribution in [3.63, 3.8) is 0 Å². The van der Waals surface area contributed by atoms with E-state index < -0.39 is 67.8 Å². The van der Waals surface area contributed by atoms with Crippen LogP contribution in [0.25, 0.3) is 11.2 Å². The lowest BCUT2D eigenvalue weighted by Crippen LogP contribution is -2.33. The minimum Gasteiger partial charge on any atom is -0.457 e. The third-order valence-electron chi connectivity index (χ3n) is 7.51.